The molecule has 3 heterocycles. The fourth-order valence-corrected chi connectivity index (χ4v) is 5.63. The lowest BCUT2D eigenvalue weighted by molar-refractivity contribution is -0.136. The molecule has 1 saturated heterocycles. The second-order valence-corrected chi connectivity index (χ2v) is 10.2. The number of benzene rings is 3. The quantitative estimate of drug-likeness (QED) is 0.365. The molecule has 3 aliphatic rings. The van der Waals surface area contributed by atoms with E-state index in [1.165, 1.54) is 7.11 Å². The minimum Gasteiger partial charge on any atom is -0.493 e. The van der Waals surface area contributed by atoms with Crippen LogP contribution in [0.15, 0.2) is 77.9 Å². The Morgan fingerprint density at radius 3 is 2.63 bits per heavy atom. The van der Waals surface area contributed by atoms with Crippen LogP contribution in [0.2, 0.25) is 0 Å². The molecule has 9 nitrogen and oxygen atoms in total. The number of hydrogen-bond acceptors (Lipinski definition) is 9. The lowest BCUT2D eigenvalue weighted by atomic mass is 9.96. The summed E-state index contributed by atoms with van der Waals surface area (Å²) < 4.78 is 17.4. The van der Waals surface area contributed by atoms with Crippen LogP contribution < -0.4 is 19.5 Å². The highest BCUT2D eigenvalue weighted by atomic mass is 32.2. The van der Waals surface area contributed by atoms with Crippen LogP contribution in [-0.2, 0) is 9.59 Å². The third-order valence-corrected chi connectivity index (χ3v) is 7.60. The Morgan fingerprint density at radius 1 is 1.08 bits per heavy atom. The van der Waals surface area contributed by atoms with Crippen molar-refractivity contribution in [1.29, 1.82) is 0 Å². The number of hydrazone groups is 1. The molecule has 1 fully saturated rings. The van der Waals surface area contributed by atoms with E-state index in [0.29, 0.717) is 5.75 Å². The highest BCUT2D eigenvalue weighted by molar-refractivity contribution is 8.15. The van der Waals surface area contributed by atoms with Crippen LogP contribution in [-0.4, -0.2) is 40.2 Å². The molecule has 192 valence electrons. The van der Waals surface area contributed by atoms with Gasteiger partial charge in [0.15, 0.2) is 11.5 Å². The molecule has 6 rings (SSSR count). The van der Waals surface area contributed by atoms with Gasteiger partial charge in [0.25, 0.3) is 5.24 Å². The Labute approximate surface area is 222 Å². The molecule has 10 heteroatoms. The summed E-state index contributed by atoms with van der Waals surface area (Å²) in [7, 11) is 1.48. The van der Waals surface area contributed by atoms with Gasteiger partial charge in [0.05, 0.1) is 25.3 Å². The number of nitrogens with one attached hydrogen (secondary N) is 1. The fraction of sp³-hybridized carbons (Fsp3) is 0.214. The van der Waals surface area contributed by atoms with Gasteiger partial charge in [0.2, 0.25) is 12.1 Å². The number of thioether (sulfide) groups is 1. The van der Waals surface area contributed by atoms with Gasteiger partial charge >= 0.3 is 5.97 Å². The molecule has 2 amide bonds. The van der Waals surface area contributed by atoms with Crippen molar-refractivity contribution in [2.75, 3.05) is 7.11 Å². The molecule has 0 unspecified atom stereocenters. The van der Waals surface area contributed by atoms with Crippen LogP contribution >= 0.6 is 11.8 Å². The Balaban J connectivity index is 1.28. The number of imide groups is 1. The number of carbonyl (C=O) groups excluding carboxylic acids is 3. The number of methoxy groups -OCH3 is 1. The molecule has 0 radical (unpaired) electrons. The largest absolute Gasteiger partial charge is 0.493 e. The summed E-state index contributed by atoms with van der Waals surface area (Å²) in [6.07, 6.45) is -0.0233. The summed E-state index contributed by atoms with van der Waals surface area (Å²) in [5.74, 6) is 0.196. The number of carbonyl (C=O) groups is 3. The third-order valence-electron chi connectivity index (χ3n) is 6.62. The third kappa shape index (κ3) is 4.47. The van der Waals surface area contributed by atoms with E-state index in [-0.39, 0.29) is 18.2 Å². The first-order valence-corrected chi connectivity index (χ1v) is 12.9. The summed E-state index contributed by atoms with van der Waals surface area (Å²) in [5.41, 5.74) is 3.89. The van der Waals surface area contributed by atoms with Gasteiger partial charge in [-0.2, -0.15) is 5.10 Å². The number of rotatable bonds is 6. The molecule has 3 aromatic carbocycles. The average molecular weight is 530 g/mol. The Morgan fingerprint density at radius 2 is 1.87 bits per heavy atom. The number of amides is 2. The normalized spacial score (nSPS) is 21.7. The van der Waals surface area contributed by atoms with Crippen molar-refractivity contribution in [3.63, 3.8) is 0 Å². The average Bonchev–Trinajstić information content (AvgIpc) is 3.52. The van der Waals surface area contributed by atoms with Crippen LogP contribution in [0.4, 0.5) is 4.79 Å². The summed E-state index contributed by atoms with van der Waals surface area (Å²) >= 11 is 0.779. The maximum absolute atomic E-state index is 12.5. The molecule has 1 N–H and O–H groups in total. The first-order valence-electron chi connectivity index (χ1n) is 12.1. The molecule has 0 saturated carbocycles. The maximum atomic E-state index is 12.5. The van der Waals surface area contributed by atoms with Crippen molar-refractivity contribution in [1.82, 2.24) is 10.3 Å². The number of esters is 1. The van der Waals surface area contributed by atoms with Gasteiger partial charge in [-0.25, -0.2) is 5.01 Å². The zero-order valence-electron chi connectivity index (χ0n) is 20.3. The molecule has 3 atom stereocenters. The van der Waals surface area contributed by atoms with E-state index >= 15 is 0 Å². The number of fused-ring (bicyclic) bond motifs is 3. The van der Waals surface area contributed by atoms with E-state index < -0.39 is 28.6 Å². The van der Waals surface area contributed by atoms with Gasteiger partial charge < -0.3 is 14.2 Å². The first-order chi connectivity index (χ1) is 18.5. The van der Waals surface area contributed by atoms with Crippen LogP contribution in [0.5, 0.6) is 17.2 Å². The highest BCUT2D eigenvalue weighted by Crippen LogP contribution is 2.48. The minimum absolute atomic E-state index is 0.00132. The predicted octanol–water partition coefficient (Wildman–Crippen LogP) is 4.58. The second kappa shape index (κ2) is 9.86. The van der Waals surface area contributed by atoms with E-state index in [1.807, 2.05) is 41.4 Å². The van der Waals surface area contributed by atoms with Gasteiger partial charge in [-0.1, -0.05) is 60.3 Å². The first kappa shape index (κ1) is 24.1. The number of para-hydroxylation sites is 1. The van der Waals surface area contributed by atoms with Crippen LogP contribution in [0.25, 0.3) is 0 Å². The lowest BCUT2D eigenvalue weighted by Gasteiger charge is -2.38. The topological polar surface area (TPSA) is 107 Å². The van der Waals surface area contributed by atoms with Gasteiger partial charge in [-0.05, 0) is 29.8 Å². The Hall–Kier alpha value is -4.31. The highest BCUT2D eigenvalue weighted by Gasteiger charge is 2.41. The Bertz CT molecular complexity index is 1460. The zero-order chi connectivity index (χ0) is 26.2. The molecule has 0 aromatic heterocycles. The van der Waals surface area contributed by atoms with Gasteiger partial charge in [0.1, 0.15) is 11.0 Å². The molecule has 0 bridgehead atoms. The smallest absolute Gasteiger partial charge is 0.312 e. The van der Waals surface area contributed by atoms with Crippen molar-refractivity contribution in [3.8, 4) is 17.2 Å². The van der Waals surface area contributed by atoms with Crippen LogP contribution in [0.1, 0.15) is 41.8 Å². The summed E-state index contributed by atoms with van der Waals surface area (Å²) in [6.45, 7) is 0. The van der Waals surface area contributed by atoms with E-state index in [1.54, 1.807) is 18.2 Å². The molecule has 3 aliphatic heterocycles. The van der Waals surface area contributed by atoms with E-state index in [0.717, 1.165) is 46.3 Å². The predicted molar refractivity (Wildman–Crippen MR) is 140 cm³/mol. The molecular weight excluding hydrogens is 506 g/mol. The zero-order valence-corrected chi connectivity index (χ0v) is 21.1. The lowest BCUT2D eigenvalue weighted by Crippen LogP contribution is -2.33. The standard InChI is InChI=1S/C28H23N3O6S/c1-35-23-13-17(11-12-22(23)36-25(32)15-24-26(33)29-28(34)38-24)27-31-20(18-9-5-6-10-21(18)37-27)14-19(30-31)16-7-3-2-4-8-16/h2-13,20,24,27H,14-15H2,1H3,(H,29,33,34)/t20-,24+,27+/m1/s1. The molecular formula is C28H23N3O6S. The van der Waals surface area contributed by atoms with Crippen LogP contribution in [0, 0.1) is 0 Å². The van der Waals surface area contributed by atoms with Crippen molar-refractivity contribution < 1.29 is 28.6 Å². The number of nitrogens with zero attached hydrogens (tertiary/aromatic N) is 2. The van der Waals surface area contributed by atoms with Crippen molar-refractivity contribution in [2.24, 2.45) is 5.10 Å². The van der Waals surface area contributed by atoms with Crippen molar-refractivity contribution in [2.45, 2.75) is 30.4 Å². The van der Waals surface area contributed by atoms with E-state index in [9.17, 15) is 14.4 Å². The minimum atomic E-state index is -0.806. The second-order valence-electron chi connectivity index (χ2n) is 8.99. The van der Waals surface area contributed by atoms with Crippen molar-refractivity contribution in [3.05, 3.63) is 89.5 Å². The maximum Gasteiger partial charge on any atom is 0.312 e. The van der Waals surface area contributed by atoms with Gasteiger partial charge in [-0.15, -0.1) is 0 Å². The molecule has 0 aliphatic carbocycles. The van der Waals surface area contributed by atoms with Crippen molar-refractivity contribution >= 4 is 34.6 Å². The summed E-state index contributed by atoms with van der Waals surface area (Å²) in [5, 5.41) is 7.82. The summed E-state index contributed by atoms with van der Waals surface area (Å²) in [4.78, 5) is 35.7. The SMILES string of the molecule is COc1cc([C@@H]2Oc3ccccc3[C@H]3CC(c4ccccc4)=NN32)ccc1OC(=O)C[C@@H]1SC(=O)NC1=O. The number of hydrogen-bond donors (Lipinski definition) is 1. The molecule has 0 spiro atoms. The Kier molecular flexibility index (Phi) is 6.24. The van der Waals surface area contributed by atoms with Gasteiger partial charge in [0, 0.05) is 17.5 Å². The number of ether oxygens (including phenoxy) is 3. The fourth-order valence-electron chi connectivity index (χ4n) is 4.82. The van der Waals surface area contributed by atoms with E-state index in [2.05, 4.69) is 23.5 Å². The monoisotopic (exact) mass is 529 g/mol. The van der Waals surface area contributed by atoms with Gasteiger partial charge in [-0.3, -0.25) is 19.7 Å². The molecule has 3 aromatic rings. The summed E-state index contributed by atoms with van der Waals surface area (Å²) in [6, 6.07) is 23.2. The van der Waals surface area contributed by atoms with Crippen LogP contribution in [0.3, 0.4) is 0 Å². The van der Waals surface area contributed by atoms with E-state index in [4.69, 9.17) is 19.3 Å². The molecule has 38 heavy (non-hydrogen) atoms.